The van der Waals surface area contributed by atoms with Crippen molar-refractivity contribution in [1.29, 1.82) is 0 Å². The van der Waals surface area contributed by atoms with E-state index < -0.39 is 17.3 Å². The van der Waals surface area contributed by atoms with Gasteiger partial charge in [0, 0.05) is 24.2 Å². The first-order valence-electron chi connectivity index (χ1n) is 5.70. The SMILES string of the molecule is Cc1cc(=O)c(C(=O)Nc2cnn(CC(=O)O)c2)c[nH]1. The molecule has 8 nitrogen and oxygen atoms in total. The fraction of sp³-hybridized carbons (Fsp3) is 0.167. The lowest BCUT2D eigenvalue weighted by atomic mass is 10.2. The van der Waals surface area contributed by atoms with E-state index in [1.165, 1.54) is 24.7 Å². The van der Waals surface area contributed by atoms with Gasteiger partial charge < -0.3 is 15.4 Å². The number of nitrogens with one attached hydrogen (secondary N) is 2. The number of carbonyl (C=O) groups excluding carboxylic acids is 1. The predicted octanol–water partition coefficient (Wildman–Crippen LogP) is 0.217. The van der Waals surface area contributed by atoms with Gasteiger partial charge >= 0.3 is 5.97 Å². The first-order chi connectivity index (χ1) is 9.45. The molecule has 20 heavy (non-hydrogen) atoms. The number of aromatic amines is 1. The second-order valence-corrected chi connectivity index (χ2v) is 4.17. The second kappa shape index (κ2) is 5.39. The number of carbonyl (C=O) groups is 2. The Labute approximate surface area is 113 Å². The lowest BCUT2D eigenvalue weighted by Gasteiger charge is -2.02. The molecule has 104 valence electrons. The molecule has 0 atom stereocenters. The number of aromatic nitrogens is 3. The van der Waals surface area contributed by atoms with Crippen LogP contribution in [-0.2, 0) is 11.3 Å². The molecule has 0 spiro atoms. The topological polar surface area (TPSA) is 117 Å². The van der Waals surface area contributed by atoms with Gasteiger partial charge in [0.2, 0.25) is 0 Å². The third kappa shape index (κ3) is 3.10. The second-order valence-electron chi connectivity index (χ2n) is 4.17. The van der Waals surface area contributed by atoms with Gasteiger partial charge in [-0.1, -0.05) is 0 Å². The zero-order valence-electron chi connectivity index (χ0n) is 10.6. The van der Waals surface area contributed by atoms with E-state index in [4.69, 9.17) is 5.11 Å². The average Bonchev–Trinajstić information content (AvgIpc) is 2.75. The first-order valence-corrected chi connectivity index (χ1v) is 5.70. The molecule has 0 radical (unpaired) electrons. The Morgan fingerprint density at radius 2 is 2.25 bits per heavy atom. The maximum atomic E-state index is 11.9. The molecule has 0 aliphatic rings. The van der Waals surface area contributed by atoms with Crippen LogP contribution in [0.1, 0.15) is 16.1 Å². The van der Waals surface area contributed by atoms with Crippen molar-refractivity contribution in [2.45, 2.75) is 13.5 Å². The van der Waals surface area contributed by atoms with Crippen LogP contribution in [-0.4, -0.2) is 31.7 Å². The highest BCUT2D eigenvalue weighted by Gasteiger charge is 2.12. The molecule has 0 saturated heterocycles. The largest absolute Gasteiger partial charge is 0.480 e. The number of rotatable bonds is 4. The fourth-order valence-corrected chi connectivity index (χ4v) is 1.60. The van der Waals surface area contributed by atoms with E-state index in [0.717, 1.165) is 4.68 Å². The summed E-state index contributed by atoms with van der Waals surface area (Å²) in [4.78, 5) is 36.8. The van der Waals surface area contributed by atoms with E-state index in [1.54, 1.807) is 6.92 Å². The minimum Gasteiger partial charge on any atom is -0.480 e. The third-order valence-corrected chi connectivity index (χ3v) is 2.49. The van der Waals surface area contributed by atoms with Gasteiger partial charge in [-0.15, -0.1) is 0 Å². The van der Waals surface area contributed by atoms with E-state index in [-0.39, 0.29) is 12.1 Å². The highest BCUT2D eigenvalue weighted by molar-refractivity contribution is 6.03. The van der Waals surface area contributed by atoms with E-state index in [2.05, 4.69) is 15.4 Å². The minimum absolute atomic E-state index is 0.0263. The Balaban J connectivity index is 2.13. The van der Waals surface area contributed by atoms with Gasteiger partial charge in [0.1, 0.15) is 12.1 Å². The molecular weight excluding hydrogens is 264 g/mol. The summed E-state index contributed by atoms with van der Waals surface area (Å²) in [6, 6.07) is 1.32. The van der Waals surface area contributed by atoms with Crippen LogP contribution in [0.2, 0.25) is 0 Å². The Morgan fingerprint density at radius 3 is 2.90 bits per heavy atom. The van der Waals surface area contributed by atoms with Crippen molar-refractivity contribution in [2.75, 3.05) is 5.32 Å². The lowest BCUT2D eigenvalue weighted by molar-refractivity contribution is -0.137. The molecule has 0 bridgehead atoms. The number of carboxylic acids is 1. The molecule has 2 rings (SSSR count). The molecule has 2 aromatic rings. The zero-order valence-corrected chi connectivity index (χ0v) is 10.6. The van der Waals surface area contributed by atoms with Crippen LogP contribution < -0.4 is 10.7 Å². The van der Waals surface area contributed by atoms with E-state index in [0.29, 0.717) is 11.4 Å². The summed E-state index contributed by atoms with van der Waals surface area (Å²) in [5.74, 6) is -1.62. The van der Waals surface area contributed by atoms with Crippen molar-refractivity contribution in [3.63, 3.8) is 0 Å². The molecule has 0 aromatic carbocycles. The van der Waals surface area contributed by atoms with Gasteiger partial charge in [0.05, 0.1) is 11.9 Å². The summed E-state index contributed by atoms with van der Waals surface area (Å²) in [5, 5.41) is 14.9. The molecular formula is C12H12N4O4. The summed E-state index contributed by atoms with van der Waals surface area (Å²) in [6.07, 6.45) is 4.01. The standard InChI is InChI=1S/C12H12N4O4/c1-7-2-10(17)9(4-13-7)12(20)15-8-3-14-16(5-8)6-11(18)19/h2-5H,6H2,1H3,(H,13,17)(H,15,20)(H,18,19). The van der Waals surface area contributed by atoms with Gasteiger partial charge in [-0.2, -0.15) is 5.10 Å². The van der Waals surface area contributed by atoms with Crippen molar-refractivity contribution < 1.29 is 14.7 Å². The van der Waals surface area contributed by atoms with Crippen molar-refractivity contribution in [1.82, 2.24) is 14.8 Å². The molecule has 2 heterocycles. The number of amides is 1. The predicted molar refractivity (Wildman–Crippen MR) is 69.6 cm³/mol. The first kappa shape index (κ1) is 13.5. The number of aliphatic carboxylic acids is 1. The molecule has 0 aliphatic heterocycles. The molecule has 0 aliphatic carbocycles. The molecule has 8 heteroatoms. The molecule has 1 amide bonds. The minimum atomic E-state index is -1.04. The average molecular weight is 276 g/mol. The quantitative estimate of drug-likeness (QED) is 0.738. The number of pyridine rings is 1. The Kier molecular flexibility index (Phi) is 3.65. The fourth-order valence-electron chi connectivity index (χ4n) is 1.60. The smallest absolute Gasteiger partial charge is 0.325 e. The Bertz CT molecular complexity index is 716. The molecule has 0 fully saturated rings. The van der Waals surface area contributed by atoms with Gasteiger partial charge in [0.15, 0.2) is 5.43 Å². The monoisotopic (exact) mass is 276 g/mol. The third-order valence-electron chi connectivity index (χ3n) is 2.49. The van der Waals surface area contributed by atoms with Gasteiger partial charge in [-0.05, 0) is 6.92 Å². The van der Waals surface area contributed by atoms with Crippen molar-refractivity contribution in [3.8, 4) is 0 Å². The van der Waals surface area contributed by atoms with Crippen LogP contribution in [0, 0.1) is 6.92 Å². The van der Waals surface area contributed by atoms with Gasteiger partial charge in [-0.3, -0.25) is 19.1 Å². The number of H-pyrrole nitrogens is 1. The van der Waals surface area contributed by atoms with E-state index >= 15 is 0 Å². The maximum absolute atomic E-state index is 11.9. The molecule has 0 saturated carbocycles. The normalized spacial score (nSPS) is 10.2. The summed E-state index contributed by atoms with van der Waals surface area (Å²) >= 11 is 0. The summed E-state index contributed by atoms with van der Waals surface area (Å²) < 4.78 is 1.16. The zero-order chi connectivity index (χ0) is 14.7. The van der Waals surface area contributed by atoms with E-state index in [1.807, 2.05) is 0 Å². The summed E-state index contributed by atoms with van der Waals surface area (Å²) in [7, 11) is 0. The summed E-state index contributed by atoms with van der Waals surface area (Å²) in [5.41, 5.74) is 0.551. The van der Waals surface area contributed by atoms with Crippen LogP contribution >= 0.6 is 0 Å². The Morgan fingerprint density at radius 1 is 1.50 bits per heavy atom. The van der Waals surface area contributed by atoms with Crippen LogP contribution in [0.4, 0.5) is 5.69 Å². The number of hydrogen-bond donors (Lipinski definition) is 3. The Hall–Kier alpha value is -2.90. The highest BCUT2D eigenvalue weighted by atomic mass is 16.4. The van der Waals surface area contributed by atoms with Crippen molar-refractivity contribution >= 4 is 17.6 Å². The highest BCUT2D eigenvalue weighted by Crippen LogP contribution is 2.06. The van der Waals surface area contributed by atoms with Crippen molar-refractivity contribution in [3.05, 3.63) is 46.1 Å². The number of aryl methyl sites for hydroxylation is 1. The van der Waals surface area contributed by atoms with Gasteiger partial charge in [0.25, 0.3) is 5.91 Å². The number of carboxylic acid groups (broad SMARTS) is 1. The van der Waals surface area contributed by atoms with Crippen LogP contribution in [0.5, 0.6) is 0 Å². The number of hydrogen-bond acceptors (Lipinski definition) is 4. The van der Waals surface area contributed by atoms with Crippen LogP contribution in [0.3, 0.4) is 0 Å². The van der Waals surface area contributed by atoms with Gasteiger partial charge in [-0.25, -0.2) is 0 Å². The summed E-state index contributed by atoms with van der Waals surface area (Å²) in [6.45, 7) is 1.40. The van der Waals surface area contributed by atoms with Crippen LogP contribution in [0.15, 0.2) is 29.5 Å². The molecule has 2 aromatic heterocycles. The molecule has 3 N–H and O–H groups in total. The lowest BCUT2D eigenvalue weighted by Crippen LogP contribution is -2.21. The maximum Gasteiger partial charge on any atom is 0.325 e. The van der Waals surface area contributed by atoms with E-state index in [9.17, 15) is 14.4 Å². The number of anilines is 1. The molecule has 0 unspecified atom stereocenters. The number of nitrogens with zero attached hydrogens (tertiary/aromatic N) is 2. The van der Waals surface area contributed by atoms with Crippen molar-refractivity contribution in [2.24, 2.45) is 0 Å². The van der Waals surface area contributed by atoms with Crippen LogP contribution in [0.25, 0.3) is 0 Å².